The molecule has 1 aliphatic carbocycles. The summed E-state index contributed by atoms with van der Waals surface area (Å²) in [5, 5.41) is 0.453. The second-order valence-electron chi connectivity index (χ2n) is 3.32. The van der Waals surface area contributed by atoms with Gasteiger partial charge in [0.05, 0.1) is 20.2 Å². The van der Waals surface area contributed by atoms with Gasteiger partial charge in [-0.3, -0.25) is 0 Å². The van der Waals surface area contributed by atoms with Crippen molar-refractivity contribution in [2.45, 2.75) is 23.0 Å². The first kappa shape index (κ1) is 10.3. The topological polar surface area (TPSA) is 34.1 Å². The summed E-state index contributed by atoms with van der Waals surface area (Å²) in [5.41, 5.74) is 0. The second kappa shape index (κ2) is 3.40. The minimum atomic E-state index is -3.15. The predicted molar refractivity (Wildman–Crippen MR) is 56.7 cm³/mol. The molecule has 5 heteroatoms. The molecule has 2 nitrogen and oxygen atoms in total. The van der Waals surface area contributed by atoms with Crippen LogP contribution in [0.4, 0.5) is 0 Å². The standard InChI is InChI=1S/C9H8Cl2O2S/c10-8-4-3-7(5-9(8)11)14(12,13)6-1-2-6/h3-6H,1-2H2. The van der Waals surface area contributed by atoms with Crippen molar-refractivity contribution in [1.82, 2.24) is 0 Å². The van der Waals surface area contributed by atoms with E-state index in [1.54, 1.807) is 0 Å². The highest BCUT2D eigenvalue weighted by Gasteiger charge is 2.36. The van der Waals surface area contributed by atoms with Crippen LogP contribution < -0.4 is 0 Å². The summed E-state index contributed by atoms with van der Waals surface area (Å²) in [5.74, 6) is 0. The Labute approximate surface area is 92.8 Å². The second-order valence-corrected chi connectivity index (χ2v) is 6.36. The van der Waals surface area contributed by atoms with Crippen LogP contribution in [0.15, 0.2) is 23.1 Å². The van der Waals surface area contributed by atoms with Gasteiger partial charge in [0.2, 0.25) is 0 Å². The molecule has 0 unspecified atom stereocenters. The van der Waals surface area contributed by atoms with Crippen molar-refractivity contribution >= 4 is 33.0 Å². The first-order valence-electron chi connectivity index (χ1n) is 4.21. The van der Waals surface area contributed by atoms with E-state index < -0.39 is 9.84 Å². The SMILES string of the molecule is O=S(=O)(c1ccc(Cl)c(Cl)c1)C1CC1. The molecule has 1 aromatic carbocycles. The van der Waals surface area contributed by atoms with Gasteiger partial charge >= 0.3 is 0 Å². The molecule has 0 bridgehead atoms. The first-order chi connectivity index (χ1) is 6.51. The van der Waals surface area contributed by atoms with Gasteiger partial charge in [-0.25, -0.2) is 8.42 Å². The molecule has 0 atom stereocenters. The average Bonchev–Trinajstić information content (AvgIpc) is 2.92. The van der Waals surface area contributed by atoms with Crippen molar-refractivity contribution in [1.29, 1.82) is 0 Å². The molecule has 0 spiro atoms. The normalized spacial score (nSPS) is 17.0. The van der Waals surface area contributed by atoms with Crippen molar-refractivity contribution in [3.8, 4) is 0 Å². The summed E-state index contributed by atoms with van der Waals surface area (Å²) in [7, 11) is -3.15. The Kier molecular flexibility index (Phi) is 2.50. The van der Waals surface area contributed by atoms with Gasteiger partial charge in [0, 0.05) is 0 Å². The summed E-state index contributed by atoms with van der Waals surface area (Å²) in [6.45, 7) is 0. The van der Waals surface area contributed by atoms with Crippen LogP contribution in [0, 0.1) is 0 Å². The first-order valence-corrected chi connectivity index (χ1v) is 6.51. The molecule has 1 aliphatic rings. The molecule has 2 rings (SSSR count). The Morgan fingerprint density at radius 3 is 2.29 bits per heavy atom. The highest BCUT2D eigenvalue weighted by Crippen LogP contribution is 2.35. The lowest BCUT2D eigenvalue weighted by atomic mass is 10.4. The molecule has 1 fully saturated rings. The van der Waals surface area contributed by atoms with E-state index in [1.165, 1.54) is 18.2 Å². The van der Waals surface area contributed by atoms with E-state index in [9.17, 15) is 8.42 Å². The summed E-state index contributed by atoms with van der Waals surface area (Å²) < 4.78 is 23.5. The maximum atomic E-state index is 11.8. The Hall–Kier alpha value is -0.250. The van der Waals surface area contributed by atoms with Crippen LogP contribution in [0.3, 0.4) is 0 Å². The lowest BCUT2D eigenvalue weighted by molar-refractivity contribution is 0.595. The van der Waals surface area contributed by atoms with Crippen molar-refractivity contribution in [2.75, 3.05) is 0 Å². The molecule has 0 radical (unpaired) electrons. The maximum absolute atomic E-state index is 11.8. The van der Waals surface area contributed by atoms with E-state index in [1.807, 2.05) is 0 Å². The van der Waals surface area contributed by atoms with Crippen molar-refractivity contribution < 1.29 is 8.42 Å². The van der Waals surface area contributed by atoms with Gasteiger partial charge in [0.15, 0.2) is 9.84 Å². The fourth-order valence-electron chi connectivity index (χ4n) is 1.22. The molecule has 1 saturated carbocycles. The molecule has 0 amide bonds. The fourth-order valence-corrected chi connectivity index (χ4v) is 3.27. The van der Waals surface area contributed by atoms with E-state index in [4.69, 9.17) is 23.2 Å². The van der Waals surface area contributed by atoms with Crippen molar-refractivity contribution in [3.63, 3.8) is 0 Å². The predicted octanol–water partition coefficient (Wildman–Crippen LogP) is 2.93. The number of hydrogen-bond donors (Lipinski definition) is 0. The smallest absolute Gasteiger partial charge is 0.181 e. The number of hydrogen-bond acceptors (Lipinski definition) is 2. The van der Waals surface area contributed by atoms with Gasteiger partial charge in [0.25, 0.3) is 0 Å². The lowest BCUT2D eigenvalue weighted by Gasteiger charge is -2.03. The van der Waals surface area contributed by atoms with Gasteiger partial charge in [-0.2, -0.15) is 0 Å². The third-order valence-corrected chi connectivity index (χ3v) is 5.18. The van der Waals surface area contributed by atoms with Gasteiger partial charge in [-0.05, 0) is 31.0 Å². The Balaban J connectivity index is 2.46. The molecule has 14 heavy (non-hydrogen) atoms. The summed E-state index contributed by atoms with van der Waals surface area (Å²) >= 11 is 11.4. The van der Waals surface area contributed by atoms with Crippen LogP contribution in [-0.2, 0) is 9.84 Å². The van der Waals surface area contributed by atoms with Gasteiger partial charge in [0.1, 0.15) is 0 Å². The van der Waals surface area contributed by atoms with E-state index >= 15 is 0 Å². The highest BCUT2D eigenvalue weighted by atomic mass is 35.5. The number of sulfone groups is 1. The number of benzene rings is 1. The van der Waals surface area contributed by atoms with Crippen molar-refractivity contribution in [2.24, 2.45) is 0 Å². The third-order valence-electron chi connectivity index (χ3n) is 2.18. The molecule has 0 heterocycles. The number of halogens is 2. The quantitative estimate of drug-likeness (QED) is 0.809. The molecular weight excluding hydrogens is 243 g/mol. The molecule has 1 aromatic rings. The lowest BCUT2D eigenvalue weighted by Crippen LogP contribution is -2.06. The average molecular weight is 251 g/mol. The Morgan fingerprint density at radius 1 is 1.14 bits per heavy atom. The molecule has 0 N–H and O–H groups in total. The number of rotatable bonds is 2. The monoisotopic (exact) mass is 250 g/mol. The van der Waals surface area contributed by atoms with Crippen LogP contribution in [0.5, 0.6) is 0 Å². The summed E-state index contributed by atoms with van der Waals surface area (Å²) in [4.78, 5) is 0.273. The zero-order chi connectivity index (χ0) is 10.3. The van der Waals surface area contributed by atoms with E-state index in [0.29, 0.717) is 5.02 Å². The molecule has 0 aliphatic heterocycles. The van der Waals surface area contributed by atoms with Crippen LogP contribution in [-0.4, -0.2) is 13.7 Å². The van der Waals surface area contributed by atoms with Crippen LogP contribution in [0.2, 0.25) is 10.0 Å². The van der Waals surface area contributed by atoms with Gasteiger partial charge in [-0.1, -0.05) is 23.2 Å². The molecule has 0 aromatic heterocycles. The van der Waals surface area contributed by atoms with Crippen LogP contribution in [0.1, 0.15) is 12.8 Å². The Morgan fingerprint density at radius 2 is 1.79 bits per heavy atom. The highest BCUT2D eigenvalue weighted by molar-refractivity contribution is 7.92. The zero-order valence-corrected chi connectivity index (χ0v) is 9.53. The molecule has 0 saturated heterocycles. The minimum Gasteiger partial charge on any atom is -0.223 e. The van der Waals surface area contributed by atoms with E-state index in [-0.39, 0.29) is 15.2 Å². The third kappa shape index (κ3) is 1.76. The van der Waals surface area contributed by atoms with Crippen LogP contribution in [0.25, 0.3) is 0 Å². The minimum absolute atomic E-state index is 0.209. The largest absolute Gasteiger partial charge is 0.223 e. The van der Waals surface area contributed by atoms with Gasteiger partial charge < -0.3 is 0 Å². The zero-order valence-electron chi connectivity index (χ0n) is 7.20. The van der Waals surface area contributed by atoms with E-state index in [2.05, 4.69) is 0 Å². The molecule has 76 valence electrons. The molecular formula is C9H8Cl2O2S. The van der Waals surface area contributed by atoms with E-state index in [0.717, 1.165) is 12.8 Å². The van der Waals surface area contributed by atoms with Crippen molar-refractivity contribution in [3.05, 3.63) is 28.2 Å². The Bertz CT molecular complexity index is 464. The fraction of sp³-hybridized carbons (Fsp3) is 0.333. The maximum Gasteiger partial charge on any atom is 0.181 e. The van der Waals surface area contributed by atoms with Gasteiger partial charge in [-0.15, -0.1) is 0 Å². The summed E-state index contributed by atoms with van der Waals surface area (Å²) in [6, 6.07) is 4.43. The van der Waals surface area contributed by atoms with Crippen LogP contribution >= 0.6 is 23.2 Å². The summed E-state index contributed by atoms with van der Waals surface area (Å²) in [6.07, 6.45) is 1.51.